The van der Waals surface area contributed by atoms with Crippen molar-refractivity contribution < 1.29 is 0 Å². The van der Waals surface area contributed by atoms with Gasteiger partial charge >= 0.3 is 0 Å². The highest BCUT2D eigenvalue weighted by Crippen LogP contribution is 2.32. The van der Waals surface area contributed by atoms with Crippen molar-refractivity contribution in [2.45, 2.75) is 26.2 Å². The smallest absolute Gasteiger partial charge is 0.190 e. The molecule has 0 saturated carbocycles. The minimum atomic E-state index is 0.900. The van der Waals surface area contributed by atoms with Crippen LogP contribution < -0.4 is 5.32 Å². The number of hydrogen-bond donors (Lipinski definition) is 1. The zero-order valence-electron chi connectivity index (χ0n) is 12.9. The Morgan fingerprint density at radius 3 is 2.43 bits per heavy atom. The highest BCUT2D eigenvalue weighted by atomic mass is 32.1. The fraction of sp³-hybridized carbons (Fsp3) is 0.222. The molecule has 0 aliphatic carbocycles. The van der Waals surface area contributed by atoms with Gasteiger partial charge in [0.25, 0.3) is 0 Å². The largest absolute Gasteiger partial charge is 0.307 e. The first-order valence-corrected chi connectivity index (χ1v) is 9.47. The van der Waals surface area contributed by atoms with Crippen LogP contribution in [0.1, 0.15) is 25.3 Å². The summed E-state index contributed by atoms with van der Waals surface area (Å²) in [5, 5.41) is 5.17. The summed E-state index contributed by atoms with van der Waals surface area (Å²) in [6.45, 7) is 2.23. The van der Waals surface area contributed by atoms with E-state index in [1.165, 1.54) is 27.8 Å². The van der Waals surface area contributed by atoms with Crippen molar-refractivity contribution >= 4 is 53.4 Å². The van der Waals surface area contributed by atoms with E-state index in [-0.39, 0.29) is 0 Å². The van der Waals surface area contributed by atoms with E-state index in [2.05, 4.69) is 46.5 Å². The van der Waals surface area contributed by atoms with E-state index in [1.54, 1.807) is 22.7 Å². The standard InChI is InChI=1S/C18H17N3S2/c1-2-3-6-12-9-10-14-16(11-12)23-18(20-14)21-17-19-13-7-4-5-8-15(13)22-17/h4-5,7-11H,2-3,6H2,1H3,(H,19,20,21). The fourth-order valence-corrected chi connectivity index (χ4v) is 4.43. The van der Waals surface area contributed by atoms with Gasteiger partial charge in [-0.15, -0.1) is 0 Å². The molecule has 2 aromatic carbocycles. The maximum absolute atomic E-state index is 4.67. The highest BCUT2D eigenvalue weighted by Gasteiger charge is 2.08. The molecule has 4 aromatic rings. The summed E-state index contributed by atoms with van der Waals surface area (Å²) in [6, 6.07) is 14.8. The molecule has 2 heterocycles. The maximum Gasteiger partial charge on any atom is 0.190 e. The summed E-state index contributed by atoms with van der Waals surface area (Å²) in [5.41, 5.74) is 3.48. The number of hydrogen-bond acceptors (Lipinski definition) is 5. The lowest BCUT2D eigenvalue weighted by Gasteiger charge is -1.98. The summed E-state index contributed by atoms with van der Waals surface area (Å²) < 4.78 is 2.43. The summed E-state index contributed by atoms with van der Waals surface area (Å²) in [7, 11) is 0. The molecule has 5 heteroatoms. The van der Waals surface area contributed by atoms with Gasteiger partial charge in [0, 0.05) is 0 Å². The molecule has 0 bridgehead atoms. The summed E-state index contributed by atoms with van der Waals surface area (Å²) in [5.74, 6) is 0. The number of anilines is 2. The van der Waals surface area contributed by atoms with E-state index in [9.17, 15) is 0 Å². The molecule has 4 rings (SSSR count). The van der Waals surface area contributed by atoms with Crippen molar-refractivity contribution in [3.63, 3.8) is 0 Å². The molecule has 2 aromatic heterocycles. The summed E-state index contributed by atoms with van der Waals surface area (Å²) >= 11 is 3.35. The third kappa shape index (κ3) is 3.07. The number of fused-ring (bicyclic) bond motifs is 2. The zero-order chi connectivity index (χ0) is 15.6. The number of nitrogens with one attached hydrogen (secondary N) is 1. The maximum atomic E-state index is 4.67. The number of rotatable bonds is 5. The van der Waals surface area contributed by atoms with Gasteiger partial charge in [0.05, 0.1) is 20.4 Å². The third-order valence-electron chi connectivity index (χ3n) is 3.78. The molecule has 1 N–H and O–H groups in total. The molecule has 0 saturated heterocycles. The first-order chi connectivity index (χ1) is 11.3. The van der Waals surface area contributed by atoms with Gasteiger partial charge in [-0.3, -0.25) is 0 Å². The molecule has 0 aliphatic heterocycles. The Balaban J connectivity index is 1.60. The molecule has 0 aliphatic rings. The van der Waals surface area contributed by atoms with E-state index in [4.69, 9.17) is 0 Å². The van der Waals surface area contributed by atoms with Gasteiger partial charge < -0.3 is 5.32 Å². The minimum absolute atomic E-state index is 0.900. The molecular formula is C18H17N3S2. The van der Waals surface area contributed by atoms with Crippen LogP contribution in [0.15, 0.2) is 42.5 Å². The predicted molar refractivity (Wildman–Crippen MR) is 101 cm³/mol. The number of aryl methyl sites for hydroxylation is 1. The second-order valence-electron chi connectivity index (χ2n) is 5.54. The number of unbranched alkanes of at least 4 members (excludes halogenated alkanes) is 1. The molecule has 0 fully saturated rings. The molecule has 23 heavy (non-hydrogen) atoms. The van der Waals surface area contributed by atoms with Gasteiger partial charge in [-0.2, -0.15) is 0 Å². The Kier molecular flexibility index (Phi) is 3.97. The fourth-order valence-electron chi connectivity index (χ4n) is 2.58. The van der Waals surface area contributed by atoms with Crippen LogP contribution in [-0.4, -0.2) is 9.97 Å². The average Bonchev–Trinajstić information content (AvgIpc) is 3.14. The number of thiazole rings is 2. The van der Waals surface area contributed by atoms with Crippen molar-refractivity contribution in [3.8, 4) is 0 Å². The van der Waals surface area contributed by atoms with Gasteiger partial charge in [-0.25, -0.2) is 9.97 Å². The van der Waals surface area contributed by atoms with Crippen LogP contribution in [0, 0.1) is 0 Å². The van der Waals surface area contributed by atoms with Crippen molar-refractivity contribution in [1.82, 2.24) is 9.97 Å². The Morgan fingerprint density at radius 2 is 1.65 bits per heavy atom. The number of para-hydroxylation sites is 1. The van der Waals surface area contributed by atoms with Gasteiger partial charge in [0.2, 0.25) is 0 Å². The lowest BCUT2D eigenvalue weighted by molar-refractivity contribution is 0.796. The van der Waals surface area contributed by atoms with Crippen LogP contribution in [-0.2, 0) is 6.42 Å². The van der Waals surface area contributed by atoms with E-state index in [0.717, 1.165) is 27.7 Å². The van der Waals surface area contributed by atoms with Crippen LogP contribution in [0.3, 0.4) is 0 Å². The van der Waals surface area contributed by atoms with Crippen LogP contribution in [0.25, 0.3) is 20.4 Å². The second-order valence-corrected chi connectivity index (χ2v) is 7.60. The van der Waals surface area contributed by atoms with Gasteiger partial charge in [-0.1, -0.05) is 54.2 Å². The van der Waals surface area contributed by atoms with Gasteiger partial charge in [-0.05, 0) is 42.7 Å². The van der Waals surface area contributed by atoms with Crippen molar-refractivity contribution in [2.75, 3.05) is 5.32 Å². The van der Waals surface area contributed by atoms with Crippen LogP contribution in [0.2, 0.25) is 0 Å². The zero-order valence-corrected chi connectivity index (χ0v) is 14.5. The lowest BCUT2D eigenvalue weighted by Crippen LogP contribution is -1.87. The van der Waals surface area contributed by atoms with E-state index >= 15 is 0 Å². The first kappa shape index (κ1) is 14.6. The normalized spacial score (nSPS) is 11.3. The molecule has 0 amide bonds. The Bertz CT molecular complexity index is 922. The number of benzene rings is 2. The predicted octanol–water partition coefficient (Wildman–Crippen LogP) is 5.99. The minimum Gasteiger partial charge on any atom is -0.307 e. The quantitative estimate of drug-likeness (QED) is 0.485. The lowest BCUT2D eigenvalue weighted by atomic mass is 10.1. The monoisotopic (exact) mass is 339 g/mol. The highest BCUT2D eigenvalue weighted by molar-refractivity contribution is 7.24. The Labute approximate surface area is 143 Å². The molecule has 116 valence electrons. The molecule has 0 unspecified atom stereocenters. The topological polar surface area (TPSA) is 37.8 Å². The van der Waals surface area contributed by atoms with Gasteiger partial charge in [0.1, 0.15) is 0 Å². The SMILES string of the molecule is CCCCc1ccc2nc(Nc3nc4ccccc4s3)sc2c1. The molecular weight excluding hydrogens is 322 g/mol. The number of nitrogens with zero attached hydrogens (tertiary/aromatic N) is 2. The van der Waals surface area contributed by atoms with E-state index < -0.39 is 0 Å². The first-order valence-electron chi connectivity index (χ1n) is 7.84. The Hall–Kier alpha value is -1.98. The van der Waals surface area contributed by atoms with Crippen LogP contribution in [0.5, 0.6) is 0 Å². The second kappa shape index (κ2) is 6.26. The van der Waals surface area contributed by atoms with Gasteiger partial charge in [0.15, 0.2) is 10.3 Å². The third-order valence-corrected chi connectivity index (χ3v) is 5.67. The average molecular weight is 339 g/mol. The van der Waals surface area contributed by atoms with E-state index in [1.807, 2.05) is 18.2 Å². The number of aromatic nitrogens is 2. The summed E-state index contributed by atoms with van der Waals surface area (Å²) in [6.07, 6.45) is 3.61. The summed E-state index contributed by atoms with van der Waals surface area (Å²) in [4.78, 5) is 9.28. The van der Waals surface area contributed by atoms with Crippen molar-refractivity contribution in [2.24, 2.45) is 0 Å². The van der Waals surface area contributed by atoms with Crippen molar-refractivity contribution in [1.29, 1.82) is 0 Å². The molecule has 0 spiro atoms. The van der Waals surface area contributed by atoms with Crippen LogP contribution in [0.4, 0.5) is 10.3 Å². The molecule has 0 atom stereocenters. The van der Waals surface area contributed by atoms with Crippen molar-refractivity contribution in [3.05, 3.63) is 48.0 Å². The molecule has 3 nitrogen and oxygen atoms in total. The Morgan fingerprint density at radius 1 is 0.913 bits per heavy atom. The van der Waals surface area contributed by atoms with E-state index in [0.29, 0.717) is 0 Å². The van der Waals surface area contributed by atoms with Crippen LogP contribution >= 0.6 is 22.7 Å². The molecule has 0 radical (unpaired) electrons.